The van der Waals surface area contributed by atoms with Crippen molar-refractivity contribution >= 4 is 53.6 Å². The Kier molecular flexibility index (Phi) is 5.70. The minimum absolute atomic E-state index is 0.114. The summed E-state index contributed by atoms with van der Waals surface area (Å²) < 4.78 is 28.9. The van der Waals surface area contributed by atoms with Crippen LogP contribution in [-0.2, 0) is 9.84 Å². The number of benzene rings is 7. The van der Waals surface area contributed by atoms with E-state index in [4.69, 9.17) is 0 Å². The van der Waals surface area contributed by atoms with Crippen LogP contribution in [0.25, 0.3) is 82.5 Å². The lowest BCUT2D eigenvalue weighted by Gasteiger charge is -2.23. The first-order valence-corrected chi connectivity index (χ1v) is 18.5. The topological polar surface area (TPSA) is 92.9 Å². The van der Waals surface area contributed by atoms with Crippen molar-refractivity contribution in [1.29, 1.82) is 0 Å². The monoisotopic (exact) mass is 691 g/mol. The fourth-order valence-corrected chi connectivity index (χ4v) is 10.3. The molecule has 52 heavy (non-hydrogen) atoms. The van der Waals surface area contributed by atoms with E-state index in [0.717, 1.165) is 66.0 Å². The van der Waals surface area contributed by atoms with E-state index in [-0.39, 0.29) is 16.2 Å². The van der Waals surface area contributed by atoms with Gasteiger partial charge in [0.1, 0.15) is 6.10 Å². The Labute approximate surface area is 296 Å². The number of Topliss-reactive ketones (excluding diaryl/α,β-unsaturated/α-hetero) is 1. The predicted molar refractivity (Wildman–Crippen MR) is 204 cm³/mol. The van der Waals surface area contributed by atoms with E-state index in [1.54, 1.807) is 28.7 Å². The Morgan fingerprint density at radius 2 is 1.08 bits per heavy atom. The molecule has 9 aromatic rings. The van der Waals surface area contributed by atoms with E-state index < -0.39 is 15.9 Å². The normalized spacial score (nSPS) is 15.6. The van der Waals surface area contributed by atoms with Crippen LogP contribution >= 0.6 is 0 Å². The van der Waals surface area contributed by atoms with Gasteiger partial charge in [0.25, 0.3) is 5.56 Å². The number of aliphatic hydroxyl groups is 1. The molecule has 0 fully saturated rings. The molecular weight excluding hydrogens is 667 g/mol. The standard InChI is InChI=1S/C45H25NO5S/c47-43-33-10-3-1-7-28(33)30-16-13-25(20-38(30)44(43)48)27-21-36-29-8-2-4-11-34(29)45(49)46-39-18-15-24(19-35(39)37(22-27)42(36)46)26-14-17-32-31-9-5-6-12-40(31)52(50,51)41(32)23-26/h1-23,43,47H. The van der Waals surface area contributed by atoms with Crippen LogP contribution in [0.1, 0.15) is 22.0 Å². The van der Waals surface area contributed by atoms with Gasteiger partial charge in [-0.2, -0.15) is 0 Å². The molecule has 7 heteroatoms. The summed E-state index contributed by atoms with van der Waals surface area (Å²) in [5, 5.41) is 15.0. The molecule has 0 amide bonds. The second-order valence-corrected chi connectivity index (χ2v) is 15.5. The van der Waals surface area contributed by atoms with Gasteiger partial charge in [0, 0.05) is 38.2 Å². The molecule has 2 aliphatic rings. The molecule has 7 aromatic carbocycles. The highest BCUT2D eigenvalue weighted by atomic mass is 32.2. The minimum atomic E-state index is -3.66. The van der Waals surface area contributed by atoms with Crippen LogP contribution in [-0.4, -0.2) is 23.7 Å². The molecule has 1 N–H and O–H groups in total. The number of fused-ring (bicyclic) bond motifs is 11. The molecule has 2 aromatic heterocycles. The Hall–Kier alpha value is -6.41. The van der Waals surface area contributed by atoms with Crippen LogP contribution in [0.3, 0.4) is 0 Å². The molecule has 1 aliphatic carbocycles. The molecule has 0 radical (unpaired) electrons. The number of sulfone groups is 1. The van der Waals surface area contributed by atoms with Gasteiger partial charge in [-0.15, -0.1) is 0 Å². The third-order valence-corrected chi connectivity index (χ3v) is 12.8. The molecule has 0 bridgehead atoms. The third kappa shape index (κ3) is 3.73. The van der Waals surface area contributed by atoms with Crippen LogP contribution in [0.15, 0.2) is 154 Å². The molecule has 6 nitrogen and oxygen atoms in total. The maximum atomic E-state index is 14.1. The summed E-state index contributed by atoms with van der Waals surface area (Å²) in [5.74, 6) is -0.338. The van der Waals surface area contributed by atoms with Gasteiger partial charge in [-0.3, -0.25) is 14.0 Å². The molecular formula is C45H25NO5S. The average Bonchev–Trinajstić information content (AvgIpc) is 3.64. The van der Waals surface area contributed by atoms with Crippen LogP contribution in [0.5, 0.6) is 0 Å². The number of carbonyl (C=O) groups is 1. The van der Waals surface area contributed by atoms with Crippen LogP contribution < -0.4 is 5.56 Å². The highest BCUT2D eigenvalue weighted by Crippen LogP contribution is 2.46. The Balaban J connectivity index is 1.16. The van der Waals surface area contributed by atoms with Crippen LogP contribution in [0.4, 0.5) is 0 Å². The van der Waals surface area contributed by atoms with Gasteiger partial charge in [-0.05, 0) is 92.9 Å². The molecule has 1 unspecified atom stereocenters. The largest absolute Gasteiger partial charge is 0.380 e. The molecule has 0 spiro atoms. The summed E-state index contributed by atoms with van der Waals surface area (Å²) in [6, 6.07) is 43.5. The summed E-state index contributed by atoms with van der Waals surface area (Å²) in [6.45, 7) is 0. The summed E-state index contributed by atoms with van der Waals surface area (Å²) in [7, 11) is -3.66. The number of pyridine rings is 1. The van der Waals surface area contributed by atoms with E-state index in [1.165, 1.54) is 0 Å². The van der Waals surface area contributed by atoms with Crippen molar-refractivity contribution in [2.24, 2.45) is 0 Å². The average molecular weight is 692 g/mol. The van der Waals surface area contributed by atoms with Crippen molar-refractivity contribution in [3.63, 3.8) is 0 Å². The Bertz CT molecular complexity index is 3270. The molecule has 11 rings (SSSR count). The van der Waals surface area contributed by atoms with Crippen molar-refractivity contribution in [2.45, 2.75) is 15.9 Å². The van der Waals surface area contributed by atoms with Crippen molar-refractivity contribution in [1.82, 2.24) is 4.40 Å². The summed E-state index contributed by atoms with van der Waals surface area (Å²) in [4.78, 5) is 28.3. The van der Waals surface area contributed by atoms with Gasteiger partial charge in [0.2, 0.25) is 9.84 Å². The fourth-order valence-electron chi connectivity index (χ4n) is 8.56. The number of nitrogens with zero attached hydrogens (tertiary/aromatic N) is 1. The highest BCUT2D eigenvalue weighted by molar-refractivity contribution is 7.92. The molecule has 1 atom stereocenters. The number of aliphatic hydroxyl groups excluding tert-OH is 1. The number of hydrogen-bond donors (Lipinski definition) is 1. The maximum Gasteiger partial charge on any atom is 0.263 e. The van der Waals surface area contributed by atoms with Gasteiger partial charge in [-0.1, -0.05) is 91.0 Å². The number of carbonyl (C=O) groups excluding carboxylic acids is 1. The molecule has 0 saturated carbocycles. The van der Waals surface area contributed by atoms with E-state index in [2.05, 4.69) is 12.1 Å². The van der Waals surface area contributed by atoms with Gasteiger partial charge in [0.05, 0.1) is 20.8 Å². The SMILES string of the molecule is O=C1c2cc(-c3cc4c5ccccc5c(=O)n5c6ccc(-c7ccc8c(c7)S(=O)(=O)c7ccccc7-8)cc6c(c3)c45)ccc2-c2ccccc2C1O. The Morgan fingerprint density at radius 3 is 1.90 bits per heavy atom. The maximum absolute atomic E-state index is 14.1. The first kappa shape index (κ1) is 29.3. The van der Waals surface area contributed by atoms with Gasteiger partial charge in [-0.25, -0.2) is 8.42 Å². The first-order valence-electron chi connectivity index (χ1n) is 17.0. The van der Waals surface area contributed by atoms with Crippen LogP contribution in [0.2, 0.25) is 0 Å². The van der Waals surface area contributed by atoms with Crippen molar-refractivity contribution in [3.05, 3.63) is 161 Å². The lowest BCUT2D eigenvalue weighted by molar-refractivity contribution is 0.0744. The zero-order valence-corrected chi connectivity index (χ0v) is 28.1. The minimum Gasteiger partial charge on any atom is -0.380 e. The van der Waals surface area contributed by atoms with Crippen molar-refractivity contribution in [3.8, 4) is 44.5 Å². The van der Waals surface area contributed by atoms with E-state index in [0.29, 0.717) is 32.5 Å². The number of rotatable bonds is 2. The smallest absolute Gasteiger partial charge is 0.263 e. The lowest BCUT2D eigenvalue weighted by atomic mass is 9.81. The lowest BCUT2D eigenvalue weighted by Crippen LogP contribution is -2.19. The van der Waals surface area contributed by atoms with Gasteiger partial charge >= 0.3 is 0 Å². The summed E-state index contributed by atoms with van der Waals surface area (Å²) >= 11 is 0. The summed E-state index contributed by atoms with van der Waals surface area (Å²) in [6.07, 6.45) is -1.24. The first-order chi connectivity index (χ1) is 25.3. The second-order valence-electron chi connectivity index (χ2n) is 13.7. The van der Waals surface area contributed by atoms with E-state index in [1.807, 2.05) is 103 Å². The van der Waals surface area contributed by atoms with Crippen molar-refractivity contribution < 1.29 is 18.3 Å². The highest BCUT2D eigenvalue weighted by Gasteiger charge is 2.33. The molecule has 246 valence electrons. The van der Waals surface area contributed by atoms with Crippen molar-refractivity contribution in [2.75, 3.05) is 0 Å². The van der Waals surface area contributed by atoms with E-state index in [9.17, 15) is 23.1 Å². The molecule has 0 saturated heterocycles. The van der Waals surface area contributed by atoms with Gasteiger partial charge < -0.3 is 5.11 Å². The second kappa shape index (κ2) is 10.1. The zero-order chi connectivity index (χ0) is 35.0. The summed E-state index contributed by atoms with van der Waals surface area (Å²) in [5.41, 5.74) is 8.78. The zero-order valence-electron chi connectivity index (χ0n) is 27.3. The number of hydrogen-bond acceptors (Lipinski definition) is 5. The fraction of sp³-hybridized carbons (Fsp3) is 0.0222. The number of aromatic nitrogens is 1. The predicted octanol–water partition coefficient (Wildman–Crippen LogP) is 9.24. The Morgan fingerprint density at radius 1 is 0.481 bits per heavy atom. The molecule has 1 aliphatic heterocycles. The molecule has 3 heterocycles. The van der Waals surface area contributed by atoms with Gasteiger partial charge in [0.15, 0.2) is 5.78 Å². The third-order valence-electron chi connectivity index (χ3n) is 11.0. The quantitative estimate of drug-likeness (QED) is 0.183. The number of ketones is 1. The van der Waals surface area contributed by atoms with E-state index >= 15 is 0 Å². The van der Waals surface area contributed by atoms with Crippen LogP contribution in [0, 0.1) is 0 Å².